The zero-order chi connectivity index (χ0) is 16.9. The van der Waals surface area contributed by atoms with E-state index in [1.54, 1.807) is 0 Å². The summed E-state index contributed by atoms with van der Waals surface area (Å²) in [7, 11) is 1.85. The first-order valence-electron chi connectivity index (χ1n) is 9.13. The van der Waals surface area contributed by atoms with Gasteiger partial charge in [0.2, 0.25) is 0 Å². The van der Waals surface area contributed by atoms with Gasteiger partial charge in [0.05, 0.1) is 0 Å². The number of aliphatic imine (C=N–C) groups is 1. The number of guanidine groups is 1. The summed E-state index contributed by atoms with van der Waals surface area (Å²) in [5.41, 5.74) is 2.68. The van der Waals surface area contributed by atoms with Crippen molar-refractivity contribution < 1.29 is 0 Å². The van der Waals surface area contributed by atoms with E-state index in [-0.39, 0.29) is 0 Å². The lowest BCUT2D eigenvalue weighted by atomic mass is 10.0. The van der Waals surface area contributed by atoms with Crippen LogP contribution in [0.1, 0.15) is 24.0 Å². The van der Waals surface area contributed by atoms with Crippen molar-refractivity contribution >= 4 is 5.96 Å². The lowest BCUT2D eigenvalue weighted by Gasteiger charge is -2.47. The Bertz CT molecular complexity index is 545. The topological polar surface area (TPSA) is 42.9 Å². The summed E-state index contributed by atoms with van der Waals surface area (Å²) in [6.45, 7) is 12.3. The van der Waals surface area contributed by atoms with Crippen LogP contribution in [0.2, 0.25) is 0 Å². The second kappa shape index (κ2) is 7.99. The van der Waals surface area contributed by atoms with Gasteiger partial charge in [-0.3, -0.25) is 14.8 Å². The van der Waals surface area contributed by atoms with Crippen molar-refractivity contribution in [3.63, 3.8) is 0 Å². The van der Waals surface area contributed by atoms with Crippen molar-refractivity contribution in [2.24, 2.45) is 4.99 Å². The van der Waals surface area contributed by atoms with Gasteiger partial charge in [0.1, 0.15) is 0 Å². The molecule has 0 aromatic heterocycles. The highest BCUT2D eigenvalue weighted by Crippen LogP contribution is 2.15. The molecule has 0 aliphatic carbocycles. The molecule has 3 saturated heterocycles. The molecule has 5 nitrogen and oxygen atoms in total. The molecular weight excluding hydrogens is 298 g/mol. The molecule has 3 fully saturated rings. The third-order valence-corrected chi connectivity index (χ3v) is 5.34. The molecule has 2 unspecified atom stereocenters. The Morgan fingerprint density at radius 1 is 1.17 bits per heavy atom. The molecule has 2 bridgehead atoms. The molecule has 0 saturated carbocycles. The number of nitrogens with one attached hydrogen (secondary N) is 2. The maximum atomic E-state index is 4.38. The van der Waals surface area contributed by atoms with Crippen LogP contribution in [0.5, 0.6) is 0 Å². The van der Waals surface area contributed by atoms with Gasteiger partial charge in [-0.05, 0) is 18.4 Å². The number of nitrogens with zero attached hydrogens (tertiary/aromatic N) is 3. The van der Waals surface area contributed by atoms with E-state index in [0.717, 1.165) is 19.0 Å². The van der Waals surface area contributed by atoms with Crippen LogP contribution < -0.4 is 10.6 Å². The fraction of sp³-hybridized carbons (Fsp3) is 0.632. The van der Waals surface area contributed by atoms with Gasteiger partial charge < -0.3 is 10.6 Å². The first kappa shape index (κ1) is 17.2. The van der Waals surface area contributed by atoms with Gasteiger partial charge >= 0.3 is 0 Å². The maximum Gasteiger partial charge on any atom is 0.191 e. The Kier molecular flexibility index (Phi) is 5.74. The molecule has 4 rings (SSSR count). The standard InChI is InChI=1S/C19H31N5/c1-15-4-6-17(7-5-15)16(2)12-21-19(20-3)22-13-18-14-23-8-10-24(18)11-9-23/h4-7,16,18H,8-14H2,1-3H3,(H2,20,21,22). The van der Waals surface area contributed by atoms with Crippen molar-refractivity contribution in [2.45, 2.75) is 25.8 Å². The fourth-order valence-electron chi connectivity index (χ4n) is 3.62. The number of rotatable bonds is 5. The molecule has 1 aromatic carbocycles. The average molecular weight is 329 g/mol. The number of hydrogen-bond acceptors (Lipinski definition) is 3. The highest BCUT2D eigenvalue weighted by Gasteiger charge is 2.31. The summed E-state index contributed by atoms with van der Waals surface area (Å²) in [6, 6.07) is 9.42. The van der Waals surface area contributed by atoms with Crippen LogP contribution in [0.3, 0.4) is 0 Å². The molecule has 3 aliphatic rings. The molecule has 2 N–H and O–H groups in total. The molecule has 3 heterocycles. The molecule has 5 heteroatoms. The number of benzene rings is 1. The summed E-state index contributed by atoms with van der Waals surface area (Å²) in [5, 5.41) is 6.98. The number of piperazine rings is 3. The predicted molar refractivity (Wildman–Crippen MR) is 101 cm³/mol. The van der Waals surface area contributed by atoms with E-state index in [4.69, 9.17) is 0 Å². The van der Waals surface area contributed by atoms with Crippen LogP contribution in [-0.4, -0.2) is 74.7 Å². The van der Waals surface area contributed by atoms with Gasteiger partial charge in [-0.1, -0.05) is 36.8 Å². The first-order chi connectivity index (χ1) is 11.7. The summed E-state index contributed by atoms with van der Waals surface area (Å²) < 4.78 is 0. The van der Waals surface area contributed by atoms with Crippen molar-refractivity contribution in [1.29, 1.82) is 0 Å². The van der Waals surface area contributed by atoms with Crippen LogP contribution in [0.15, 0.2) is 29.3 Å². The van der Waals surface area contributed by atoms with Crippen molar-refractivity contribution in [2.75, 3.05) is 52.9 Å². The molecule has 3 aliphatic heterocycles. The molecule has 132 valence electrons. The van der Waals surface area contributed by atoms with Gasteiger partial charge in [-0.15, -0.1) is 0 Å². The molecule has 2 atom stereocenters. The van der Waals surface area contributed by atoms with Crippen LogP contribution in [-0.2, 0) is 0 Å². The van der Waals surface area contributed by atoms with E-state index < -0.39 is 0 Å². The van der Waals surface area contributed by atoms with E-state index in [2.05, 4.69) is 63.5 Å². The first-order valence-corrected chi connectivity index (χ1v) is 9.13. The minimum atomic E-state index is 0.463. The molecule has 24 heavy (non-hydrogen) atoms. The lowest BCUT2D eigenvalue weighted by Crippen LogP contribution is -2.63. The molecule has 1 aromatic rings. The van der Waals surface area contributed by atoms with Gasteiger partial charge in [-0.2, -0.15) is 0 Å². The van der Waals surface area contributed by atoms with Gasteiger partial charge in [0, 0.05) is 58.9 Å². The molecule has 0 spiro atoms. The minimum absolute atomic E-state index is 0.463. The van der Waals surface area contributed by atoms with E-state index >= 15 is 0 Å². The molecule has 0 radical (unpaired) electrons. The number of aryl methyl sites for hydroxylation is 1. The van der Waals surface area contributed by atoms with Crippen LogP contribution >= 0.6 is 0 Å². The Balaban J connectivity index is 1.44. The van der Waals surface area contributed by atoms with Crippen molar-refractivity contribution in [3.8, 4) is 0 Å². The third kappa shape index (κ3) is 4.28. The monoisotopic (exact) mass is 329 g/mol. The van der Waals surface area contributed by atoms with E-state index in [9.17, 15) is 0 Å². The second-order valence-electron chi connectivity index (χ2n) is 7.14. The smallest absolute Gasteiger partial charge is 0.191 e. The minimum Gasteiger partial charge on any atom is -0.356 e. The summed E-state index contributed by atoms with van der Waals surface area (Å²) in [5.74, 6) is 1.37. The van der Waals surface area contributed by atoms with Crippen LogP contribution in [0.4, 0.5) is 0 Å². The predicted octanol–water partition coefficient (Wildman–Crippen LogP) is 1.26. The van der Waals surface area contributed by atoms with Crippen LogP contribution in [0.25, 0.3) is 0 Å². The van der Waals surface area contributed by atoms with Crippen molar-refractivity contribution in [3.05, 3.63) is 35.4 Å². The normalized spacial score (nSPS) is 27.8. The van der Waals surface area contributed by atoms with Crippen molar-refractivity contribution in [1.82, 2.24) is 20.4 Å². The second-order valence-corrected chi connectivity index (χ2v) is 7.14. The molecular formula is C19H31N5. The maximum absolute atomic E-state index is 4.38. The van der Waals surface area contributed by atoms with Gasteiger partial charge in [0.15, 0.2) is 5.96 Å². The third-order valence-electron chi connectivity index (χ3n) is 5.34. The van der Waals surface area contributed by atoms with E-state index in [1.165, 1.54) is 43.9 Å². The highest BCUT2D eigenvalue weighted by molar-refractivity contribution is 5.79. The Labute approximate surface area is 146 Å². The Morgan fingerprint density at radius 2 is 1.88 bits per heavy atom. The highest BCUT2D eigenvalue weighted by atomic mass is 15.4. The summed E-state index contributed by atoms with van der Waals surface area (Å²) in [6.07, 6.45) is 0. The van der Waals surface area contributed by atoms with Gasteiger partial charge in [-0.25, -0.2) is 0 Å². The largest absolute Gasteiger partial charge is 0.356 e. The van der Waals surface area contributed by atoms with Crippen LogP contribution in [0, 0.1) is 6.92 Å². The zero-order valence-corrected chi connectivity index (χ0v) is 15.3. The Hall–Kier alpha value is -1.59. The number of hydrogen-bond donors (Lipinski definition) is 2. The molecule has 0 amide bonds. The SMILES string of the molecule is CN=C(NCC(C)c1ccc(C)cc1)NCC1CN2CCN1CC2. The summed E-state index contributed by atoms with van der Waals surface area (Å²) >= 11 is 0. The fourth-order valence-corrected chi connectivity index (χ4v) is 3.62. The number of fused-ring (bicyclic) bond motifs is 3. The van der Waals surface area contributed by atoms with E-state index in [1.807, 2.05) is 7.05 Å². The van der Waals surface area contributed by atoms with E-state index in [0.29, 0.717) is 12.0 Å². The quantitative estimate of drug-likeness (QED) is 0.631. The Morgan fingerprint density at radius 3 is 2.46 bits per heavy atom. The zero-order valence-electron chi connectivity index (χ0n) is 15.3. The average Bonchev–Trinajstić information content (AvgIpc) is 2.63. The lowest BCUT2D eigenvalue weighted by molar-refractivity contribution is 0.0154. The van der Waals surface area contributed by atoms with Gasteiger partial charge in [0.25, 0.3) is 0 Å². The summed E-state index contributed by atoms with van der Waals surface area (Å²) in [4.78, 5) is 9.55.